The highest BCUT2D eigenvalue weighted by Crippen LogP contribution is 2.57. The maximum atomic E-state index is 14.6. The fraction of sp³-hybridized carbons (Fsp3) is 0.160. The molecular formula is C25H19F4N5O2. The molecule has 0 radical (unpaired) electrons. The van der Waals surface area contributed by atoms with Crippen molar-refractivity contribution in [1.29, 1.82) is 0 Å². The van der Waals surface area contributed by atoms with Crippen LogP contribution in [-0.2, 0) is 10.4 Å². The van der Waals surface area contributed by atoms with Crippen LogP contribution in [0.15, 0.2) is 73.2 Å². The Labute approximate surface area is 202 Å². The summed E-state index contributed by atoms with van der Waals surface area (Å²) in [5, 5.41) is 15.0. The predicted octanol–water partition coefficient (Wildman–Crippen LogP) is 4.57. The molecule has 2 atom stereocenters. The van der Waals surface area contributed by atoms with E-state index in [-0.39, 0.29) is 27.8 Å². The van der Waals surface area contributed by atoms with Crippen molar-refractivity contribution in [2.24, 2.45) is 0 Å². The van der Waals surface area contributed by atoms with Crippen molar-refractivity contribution < 1.29 is 27.5 Å². The van der Waals surface area contributed by atoms with Crippen LogP contribution in [0.25, 0.3) is 22.3 Å². The number of nitrogens with zero attached hydrogens (tertiary/aromatic N) is 3. The van der Waals surface area contributed by atoms with E-state index in [1.165, 1.54) is 35.3 Å². The van der Waals surface area contributed by atoms with E-state index in [4.69, 9.17) is 0 Å². The highest BCUT2D eigenvalue weighted by atomic mass is 19.4. The number of halogens is 4. The zero-order valence-electron chi connectivity index (χ0n) is 18.7. The number of anilines is 1. The molecule has 36 heavy (non-hydrogen) atoms. The summed E-state index contributed by atoms with van der Waals surface area (Å²) < 4.78 is 58.3. The fourth-order valence-corrected chi connectivity index (χ4v) is 4.35. The highest BCUT2D eigenvalue weighted by molar-refractivity contribution is 5.92. The number of carbonyl (C=O) groups is 1. The van der Waals surface area contributed by atoms with E-state index in [0.717, 1.165) is 6.07 Å². The third-order valence-corrected chi connectivity index (χ3v) is 6.16. The molecule has 2 aromatic carbocycles. The average molecular weight is 497 g/mol. The number of fused-ring (bicyclic) bond motifs is 3. The summed E-state index contributed by atoms with van der Waals surface area (Å²) in [4.78, 5) is 16.6. The lowest BCUT2D eigenvalue weighted by molar-refractivity contribution is -0.246. The van der Waals surface area contributed by atoms with Crippen LogP contribution in [-0.4, -0.2) is 32.0 Å². The summed E-state index contributed by atoms with van der Waals surface area (Å²) in [6, 6.07) is 11.6. The summed E-state index contributed by atoms with van der Waals surface area (Å²) in [6.45, 7) is 1.57. The number of alkyl halides is 3. The van der Waals surface area contributed by atoms with E-state index in [2.05, 4.69) is 20.9 Å². The lowest BCUT2D eigenvalue weighted by atomic mass is 9.89. The van der Waals surface area contributed by atoms with Crippen LogP contribution in [0.5, 0.6) is 0 Å². The molecule has 7 nitrogen and oxygen atoms in total. The Balaban J connectivity index is 1.52. The van der Waals surface area contributed by atoms with Crippen LogP contribution in [0.1, 0.15) is 24.1 Å². The van der Waals surface area contributed by atoms with Gasteiger partial charge in [0, 0.05) is 29.1 Å². The van der Waals surface area contributed by atoms with Gasteiger partial charge in [-0.3, -0.25) is 20.3 Å². The van der Waals surface area contributed by atoms with Crippen molar-refractivity contribution in [1.82, 2.24) is 20.2 Å². The van der Waals surface area contributed by atoms with Gasteiger partial charge in [-0.05, 0) is 47.9 Å². The zero-order chi connectivity index (χ0) is 25.7. The molecule has 0 saturated heterocycles. The molecular weight excluding hydrogens is 478 g/mol. The van der Waals surface area contributed by atoms with Gasteiger partial charge in [0.2, 0.25) is 5.60 Å². The first-order valence-corrected chi connectivity index (χ1v) is 10.9. The van der Waals surface area contributed by atoms with Crippen molar-refractivity contribution in [3.8, 4) is 22.3 Å². The molecule has 0 bridgehead atoms. The number of hydrazine groups is 1. The monoisotopic (exact) mass is 497 g/mol. The molecule has 184 valence electrons. The largest absolute Gasteiger partial charge is 0.425 e. The predicted molar refractivity (Wildman–Crippen MR) is 123 cm³/mol. The van der Waals surface area contributed by atoms with Gasteiger partial charge in [-0.15, -0.1) is 0 Å². The zero-order valence-corrected chi connectivity index (χ0v) is 18.7. The number of pyridine rings is 1. The highest BCUT2D eigenvalue weighted by Gasteiger charge is 2.61. The van der Waals surface area contributed by atoms with Gasteiger partial charge in [-0.25, -0.2) is 9.37 Å². The first-order valence-electron chi connectivity index (χ1n) is 10.9. The van der Waals surface area contributed by atoms with Crippen molar-refractivity contribution in [2.75, 3.05) is 5.43 Å². The van der Waals surface area contributed by atoms with Gasteiger partial charge >= 0.3 is 6.18 Å². The Kier molecular flexibility index (Phi) is 5.51. The summed E-state index contributed by atoms with van der Waals surface area (Å²) in [6.07, 6.45) is -0.768. The quantitative estimate of drug-likeness (QED) is 0.278. The van der Waals surface area contributed by atoms with Gasteiger partial charge in [0.25, 0.3) is 5.91 Å². The standard InChI is InChI=1S/C25H19F4N5O2/c1-14(23(35)33-32-21-8-4-5-9-30-21)34-13-15(12-31-34)18-10-16(26)11-20-22(18)17-6-2-3-7-19(17)24(20,36)25(27,28)29/h2-14,36H,1H3,(H,30,32)(H,33,35). The lowest BCUT2D eigenvalue weighted by Gasteiger charge is -2.28. The molecule has 2 unspecified atom stereocenters. The molecule has 0 aliphatic heterocycles. The molecule has 5 rings (SSSR count). The van der Waals surface area contributed by atoms with Crippen LogP contribution >= 0.6 is 0 Å². The SMILES string of the molecule is CC(C(=O)NNc1ccccn1)n1cc(-c2cc(F)cc3c2-c2ccccc2C3(O)C(F)(F)F)cn1. The number of nitrogens with one attached hydrogen (secondary N) is 2. The van der Waals surface area contributed by atoms with Gasteiger partial charge < -0.3 is 5.11 Å². The molecule has 11 heteroatoms. The van der Waals surface area contributed by atoms with E-state index < -0.39 is 35.1 Å². The normalized spacial score (nSPS) is 17.3. The van der Waals surface area contributed by atoms with Crippen molar-refractivity contribution in [2.45, 2.75) is 24.7 Å². The minimum atomic E-state index is -5.09. The number of hydrogen-bond donors (Lipinski definition) is 3. The van der Waals surface area contributed by atoms with Crippen molar-refractivity contribution in [3.05, 3.63) is 90.1 Å². The lowest BCUT2D eigenvalue weighted by Crippen LogP contribution is -2.41. The molecule has 0 saturated carbocycles. The topological polar surface area (TPSA) is 92.1 Å². The minimum Gasteiger partial charge on any atom is -0.372 e. The average Bonchev–Trinajstić information content (AvgIpc) is 3.45. The molecule has 0 fully saturated rings. The Hall–Kier alpha value is -4.25. The summed E-state index contributed by atoms with van der Waals surface area (Å²) in [5.74, 6) is -0.987. The minimum absolute atomic E-state index is 0.0558. The Morgan fingerprint density at radius 3 is 2.56 bits per heavy atom. The van der Waals surface area contributed by atoms with Crippen LogP contribution in [0, 0.1) is 5.82 Å². The third-order valence-electron chi connectivity index (χ3n) is 6.16. The molecule has 2 aromatic heterocycles. The van der Waals surface area contributed by atoms with Crippen LogP contribution in [0.3, 0.4) is 0 Å². The Morgan fingerprint density at radius 2 is 1.83 bits per heavy atom. The second-order valence-corrected chi connectivity index (χ2v) is 8.34. The third kappa shape index (κ3) is 3.68. The summed E-state index contributed by atoms with van der Waals surface area (Å²) in [5.41, 5.74) is 1.44. The summed E-state index contributed by atoms with van der Waals surface area (Å²) >= 11 is 0. The summed E-state index contributed by atoms with van der Waals surface area (Å²) in [7, 11) is 0. The van der Waals surface area contributed by atoms with Gasteiger partial charge in [-0.1, -0.05) is 30.3 Å². The molecule has 1 amide bonds. The molecule has 3 N–H and O–H groups in total. The Bertz CT molecular complexity index is 1450. The number of amides is 1. The molecule has 0 spiro atoms. The second kappa shape index (κ2) is 8.45. The molecule has 4 aromatic rings. The Morgan fingerprint density at radius 1 is 1.08 bits per heavy atom. The number of carbonyl (C=O) groups excluding carboxylic acids is 1. The number of aliphatic hydroxyl groups is 1. The number of benzene rings is 2. The van der Waals surface area contributed by atoms with Gasteiger partial charge in [0.05, 0.1) is 6.20 Å². The van der Waals surface area contributed by atoms with E-state index >= 15 is 0 Å². The van der Waals surface area contributed by atoms with Crippen molar-refractivity contribution >= 4 is 11.7 Å². The van der Waals surface area contributed by atoms with Crippen LogP contribution in [0.4, 0.5) is 23.4 Å². The maximum Gasteiger partial charge on any atom is 0.425 e. The number of rotatable bonds is 5. The van der Waals surface area contributed by atoms with E-state index in [1.807, 2.05) is 0 Å². The van der Waals surface area contributed by atoms with Crippen molar-refractivity contribution in [3.63, 3.8) is 0 Å². The van der Waals surface area contributed by atoms with Crippen LogP contribution < -0.4 is 10.9 Å². The maximum absolute atomic E-state index is 14.6. The smallest absolute Gasteiger partial charge is 0.372 e. The van der Waals surface area contributed by atoms with Gasteiger partial charge in [-0.2, -0.15) is 18.3 Å². The first-order chi connectivity index (χ1) is 17.1. The fourth-order valence-electron chi connectivity index (χ4n) is 4.35. The van der Waals surface area contributed by atoms with Gasteiger partial charge in [0.15, 0.2) is 0 Å². The first kappa shape index (κ1) is 23.5. The molecule has 1 aliphatic rings. The van der Waals surface area contributed by atoms with E-state index in [9.17, 15) is 27.5 Å². The van der Waals surface area contributed by atoms with Crippen LogP contribution in [0.2, 0.25) is 0 Å². The number of hydrogen-bond acceptors (Lipinski definition) is 5. The molecule has 1 aliphatic carbocycles. The number of aromatic nitrogens is 3. The molecule has 2 heterocycles. The van der Waals surface area contributed by atoms with E-state index in [1.54, 1.807) is 37.4 Å². The van der Waals surface area contributed by atoms with Gasteiger partial charge in [0.1, 0.15) is 17.7 Å². The second-order valence-electron chi connectivity index (χ2n) is 8.34. The van der Waals surface area contributed by atoms with E-state index in [0.29, 0.717) is 11.9 Å².